The number of benzene rings is 3. The third-order valence-corrected chi connectivity index (χ3v) is 7.24. The van der Waals surface area contributed by atoms with Crippen molar-refractivity contribution in [2.45, 2.75) is 78.6 Å². The van der Waals surface area contributed by atoms with E-state index in [1.165, 1.54) is 46.9 Å². The van der Waals surface area contributed by atoms with E-state index < -0.39 is 0 Å². The predicted octanol–water partition coefficient (Wildman–Crippen LogP) is 9.08. The number of hydrogen-bond acceptors (Lipinski definition) is 0. The Labute approximate surface area is 210 Å². The summed E-state index contributed by atoms with van der Waals surface area (Å²) in [7, 11) is 1.24. The molecule has 0 unspecified atom stereocenters. The van der Waals surface area contributed by atoms with Crippen LogP contribution in [0.4, 0.5) is 0 Å². The summed E-state index contributed by atoms with van der Waals surface area (Å²) in [6.07, 6.45) is 2.31. The highest BCUT2D eigenvalue weighted by atomic mass is 31.1. The lowest BCUT2D eigenvalue weighted by Crippen LogP contribution is -2.29. The first-order chi connectivity index (χ1) is 15.8. The first kappa shape index (κ1) is 26.2. The largest absolute Gasteiger partial charge is 0.0678 e. The number of hydrogen-bond donors (Lipinski definition) is 0. The smallest absolute Gasteiger partial charge is 0.00927 e. The van der Waals surface area contributed by atoms with Gasteiger partial charge in [0.1, 0.15) is 0 Å². The Hall–Kier alpha value is -2.43. The van der Waals surface area contributed by atoms with Crippen molar-refractivity contribution in [3.8, 4) is 0 Å². The lowest BCUT2D eigenvalue weighted by atomic mass is 9.75. The van der Waals surface area contributed by atoms with Crippen molar-refractivity contribution < 1.29 is 0 Å². The van der Waals surface area contributed by atoms with E-state index >= 15 is 0 Å². The zero-order valence-corrected chi connectivity index (χ0v) is 23.4. The van der Waals surface area contributed by atoms with E-state index in [2.05, 4.69) is 147 Å². The standard InChI is InChI=1S/C33H41P/c1-31(2,3)26-22-28(32(4,5)6)30(29(23-26)33(7,8)9)34-21-20-27(24-16-12-10-13-17-24)25-18-14-11-15-19-25/h10-23H,1-9H3. The Morgan fingerprint density at radius 1 is 0.588 bits per heavy atom. The minimum Gasteiger partial charge on any atom is -0.0678 e. The average Bonchev–Trinajstić information content (AvgIpc) is 2.75. The molecule has 0 nitrogen and oxygen atoms in total. The molecule has 178 valence electrons. The Morgan fingerprint density at radius 3 is 1.35 bits per heavy atom. The summed E-state index contributed by atoms with van der Waals surface area (Å²) >= 11 is 0. The normalized spacial score (nSPS) is 12.7. The fraction of sp³-hybridized carbons (Fsp3) is 0.364. The topological polar surface area (TPSA) is 0 Å². The Bertz CT molecular complexity index is 1080. The van der Waals surface area contributed by atoms with Crippen LogP contribution in [0.1, 0.15) is 90.1 Å². The molecule has 0 fully saturated rings. The second-order valence-electron chi connectivity index (χ2n) is 12.3. The molecule has 0 radical (unpaired) electrons. The third-order valence-electron chi connectivity index (χ3n) is 6.21. The summed E-state index contributed by atoms with van der Waals surface area (Å²) in [5.74, 6) is 2.34. The highest BCUT2D eigenvalue weighted by molar-refractivity contribution is 7.48. The predicted molar refractivity (Wildman–Crippen MR) is 155 cm³/mol. The molecular weight excluding hydrogens is 427 g/mol. The van der Waals surface area contributed by atoms with Gasteiger partial charge < -0.3 is 0 Å². The van der Waals surface area contributed by atoms with Gasteiger partial charge in [0, 0.05) is 5.30 Å². The van der Waals surface area contributed by atoms with Gasteiger partial charge in [-0.05, 0) is 61.5 Å². The van der Waals surface area contributed by atoms with E-state index in [0.717, 1.165) is 0 Å². The molecule has 0 amide bonds. The quantitative estimate of drug-likeness (QED) is 0.335. The van der Waals surface area contributed by atoms with Gasteiger partial charge in [0.2, 0.25) is 0 Å². The molecule has 0 aliphatic rings. The van der Waals surface area contributed by atoms with Crippen molar-refractivity contribution in [1.82, 2.24) is 0 Å². The van der Waals surface area contributed by atoms with Crippen LogP contribution in [0.5, 0.6) is 0 Å². The van der Waals surface area contributed by atoms with Crippen molar-refractivity contribution in [2.75, 3.05) is 0 Å². The van der Waals surface area contributed by atoms with Crippen LogP contribution in [-0.2, 0) is 16.2 Å². The highest BCUT2D eigenvalue weighted by Crippen LogP contribution is 2.35. The molecule has 0 aliphatic heterocycles. The number of allylic oxidation sites excluding steroid dienone is 1. The lowest BCUT2D eigenvalue weighted by molar-refractivity contribution is 0.554. The van der Waals surface area contributed by atoms with Gasteiger partial charge in [-0.15, -0.1) is 0 Å². The second kappa shape index (κ2) is 10.1. The van der Waals surface area contributed by atoms with Gasteiger partial charge in [0.05, 0.1) is 0 Å². The molecule has 0 saturated heterocycles. The summed E-state index contributed by atoms with van der Waals surface area (Å²) in [6.45, 7) is 21.0. The summed E-state index contributed by atoms with van der Waals surface area (Å²) in [5, 5.41) is 1.45. The fourth-order valence-electron chi connectivity index (χ4n) is 4.13. The van der Waals surface area contributed by atoms with Gasteiger partial charge in [-0.25, -0.2) is 0 Å². The second-order valence-corrected chi connectivity index (χ2v) is 13.3. The summed E-state index contributed by atoms with van der Waals surface area (Å²) in [6, 6.07) is 26.3. The van der Waals surface area contributed by atoms with Crippen molar-refractivity contribution in [2.24, 2.45) is 0 Å². The van der Waals surface area contributed by atoms with E-state index in [-0.39, 0.29) is 16.2 Å². The van der Waals surface area contributed by atoms with Gasteiger partial charge in [-0.3, -0.25) is 0 Å². The molecule has 3 rings (SSSR count). The van der Waals surface area contributed by atoms with Crippen LogP contribution < -0.4 is 5.30 Å². The monoisotopic (exact) mass is 468 g/mol. The van der Waals surface area contributed by atoms with E-state index in [0.29, 0.717) is 0 Å². The first-order valence-electron chi connectivity index (χ1n) is 12.3. The Balaban J connectivity index is 2.22. The van der Waals surface area contributed by atoms with Gasteiger partial charge in [-0.2, -0.15) is 0 Å². The van der Waals surface area contributed by atoms with Crippen molar-refractivity contribution in [3.05, 3.63) is 107 Å². The average molecular weight is 469 g/mol. The molecule has 0 aliphatic carbocycles. The molecule has 3 aromatic carbocycles. The minimum atomic E-state index is 0.0723. The maximum Gasteiger partial charge on any atom is 0.00927 e. The lowest BCUT2D eigenvalue weighted by Gasteiger charge is -2.32. The molecular formula is C33H41P. The van der Waals surface area contributed by atoms with Crippen LogP contribution >= 0.6 is 8.20 Å². The summed E-state index contributed by atoms with van der Waals surface area (Å²) in [4.78, 5) is 0. The molecule has 34 heavy (non-hydrogen) atoms. The maximum absolute atomic E-state index is 2.46. The maximum atomic E-state index is 2.46. The van der Waals surface area contributed by atoms with Crippen molar-refractivity contribution >= 4 is 24.9 Å². The van der Waals surface area contributed by atoms with Crippen LogP contribution in [0.2, 0.25) is 0 Å². The molecule has 0 N–H and O–H groups in total. The van der Waals surface area contributed by atoms with Crippen LogP contribution in [0.15, 0.2) is 78.9 Å². The Morgan fingerprint density at radius 2 is 1.00 bits per heavy atom. The van der Waals surface area contributed by atoms with E-state index in [9.17, 15) is 0 Å². The molecule has 1 heteroatoms. The molecule has 0 spiro atoms. The Kier molecular flexibility index (Phi) is 7.74. The zero-order valence-electron chi connectivity index (χ0n) is 22.5. The molecule has 3 aromatic rings. The van der Waals surface area contributed by atoms with E-state index in [1.807, 2.05) is 0 Å². The first-order valence-corrected chi connectivity index (χ1v) is 13.3. The minimum absolute atomic E-state index is 0.0723. The van der Waals surface area contributed by atoms with Crippen LogP contribution in [0, 0.1) is 0 Å². The van der Waals surface area contributed by atoms with Gasteiger partial charge >= 0.3 is 0 Å². The van der Waals surface area contributed by atoms with Gasteiger partial charge in [-0.1, -0.05) is 143 Å². The molecule has 0 heterocycles. The molecule has 0 bridgehead atoms. The van der Waals surface area contributed by atoms with Gasteiger partial charge in [0.25, 0.3) is 0 Å². The number of rotatable bonds is 4. The van der Waals surface area contributed by atoms with Crippen LogP contribution in [0.25, 0.3) is 5.57 Å². The third kappa shape index (κ3) is 6.37. The fourth-order valence-corrected chi connectivity index (χ4v) is 5.58. The molecule has 0 saturated carbocycles. The summed E-state index contributed by atoms with van der Waals surface area (Å²) < 4.78 is 0. The van der Waals surface area contributed by atoms with Crippen molar-refractivity contribution in [1.29, 1.82) is 0 Å². The van der Waals surface area contributed by atoms with Crippen molar-refractivity contribution in [3.63, 3.8) is 0 Å². The van der Waals surface area contributed by atoms with E-state index in [1.54, 1.807) is 0 Å². The van der Waals surface area contributed by atoms with E-state index in [4.69, 9.17) is 0 Å². The van der Waals surface area contributed by atoms with Crippen LogP contribution in [0.3, 0.4) is 0 Å². The molecule has 0 aromatic heterocycles. The van der Waals surface area contributed by atoms with Gasteiger partial charge in [0.15, 0.2) is 0 Å². The molecule has 0 atom stereocenters. The SMILES string of the molecule is CC(C)(C)c1cc(C(C)(C)C)c(P=CC=C(c2ccccc2)c2ccccc2)c(C(C)(C)C)c1. The van der Waals surface area contributed by atoms with Crippen LogP contribution in [-0.4, -0.2) is 5.80 Å². The summed E-state index contributed by atoms with van der Waals surface area (Å²) in [5.41, 5.74) is 8.35. The highest BCUT2D eigenvalue weighted by Gasteiger charge is 2.28. The zero-order chi connectivity index (χ0) is 25.1.